The van der Waals surface area contributed by atoms with Crippen LogP contribution in [0.15, 0.2) is 30.3 Å². The van der Waals surface area contributed by atoms with Gasteiger partial charge in [-0.3, -0.25) is 4.90 Å². The second-order valence-corrected chi connectivity index (χ2v) is 10.4. The molecular formula is C22H27BClNO4S. The lowest BCUT2D eigenvalue weighted by Gasteiger charge is -2.33. The molecule has 0 radical (unpaired) electrons. The lowest BCUT2D eigenvalue weighted by molar-refractivity contribution is -0.147. The van der Waals surface area contributed by atoms with Gasteiger partial charge in [-0.05, 0) is 57.4 Å². The van der Waals surface area contributed by atoms with E-state index in [1.807, 2.05) is 24.3 Å². The van der Waals surface area contributed by atoms with Gasteiger partial charge in [-0.1, -0.05) is 29.8 Å². The summed E-state index contributed by atoms with van der Waals surface area (Å²) in [7, 11) is 1.06. The van der Waals surface area contributed by atoms with E-state index in [-0.39, 0.29) is 24.3 Å². The summed E-state index contributed by atoms with van der Waals surface area (Å²) >= 11 is 8.16. The van der Waals surface area contributed by atoms with Crippen LogP contribution in [0.4, 0.5) is 0 Å². The van der Waals surface area contributed by atoms with Gasteiger partial charge in [0.1, 0.15) is 6.04 Å². The molecule has 160 valence electrons. The van der Waals surface area contributed by atoms with E-state index in [9.17, 15) is 4.79 Å². The summed E-state index contributed by atoms with van der Waals surface area (Å²) in [4.78, 5) is 16.1. The van der Waals surface area contributed by atoms with Crippen LogP contribution in [0.2, 0.25) is 5.02 Å². The van der Waals surface area contributed by atoms with Gasteiger partial charge in [0, 0.05) is 27.8 Å². The van der Waals surface area contributed by atoms with E-state index in [1.165, 1.54) is 17.6 Å². The minimum atomic E-state index is -0.531. The van der Waals surface area contributed by atoms with Gasteiger partial charge in [0.25, 0.3) is 0 Å². The second kappa shape index (κ2) is 7.95. The first-order chi connectivity index (χ1) is 14.1. The summed E-state index contributed by atoms with van der Waals surface area (Å²) in [6, 6.07) is 9.09. The number of benzene rings is 1. The van der Waals surface area contributed by atoms with Crippen LogP contribution < -0.4 is 4.78 Å². The largest absolute Gasteiger partial charge is 0.505 e. The third-order valence-corrected chi connectivity index (χ3v) is 7.99. The number of carbonyl (C=O) groups excluding carboxylic acids is 1. The molecule has 30 heavy (non-hydrogen) atoms. The topological polar surface area (TPSA) is 48.0 Å². The van der Waals surface area contributed by atoms with E-state index in [0.29, 0.717) is 11.6 Å². The molecular weight excluding hydrogens is 421 g/mol. The lowest BCUT2D eigenvalue weighted by atomic mass is 9.87. The number of methoxy groups -OCH3 is 1. The van der Waals surface area contributed by atoms with Crippen molar-refractivity contribution in [1.29, 1.82) is 0 Å². The Bertz CT molecular complexity index is 944. The highest BCUT2D eigenvalue weighted by atomic mass is 35.5. The Hall–Kier alpha value is -1.38. The SMILES string of the molecule is COC(=O)C(c1ccccc1Cl)N1CCc2sc(B3OC(C)(C)C(C)(C)O3)cc2C1. The van der Waals surface area contributed by atoms with Crippen LogP contribution in [0.3, 0.4) is 0 Å². The molecule has 3 heterocycles. The summed E-state index contributed by atoms with van der Waals surface area (Å²) < 4.78 is 18.6. The maximum Gasteiger partial charge on any atom is 0.505 e. The molecule has 0 spiro atoms. The average Bonchev–Trinajstić information content (AvgIpc) is 3.20. The Morgan fingerprint density at radius 3 is 2.53 bits per heavy atom. The molecule has 1 unspecified atom stereocenters. The number of carbonyl (C=O) groups is 1. The van der Waals surface area contributed by atoms with E-state index < -0.39 is 6.04 Å². The number of ether oxygens (including phenoxy) is 1. The molecule has 0 bridgehead atoms. The van der Waals surface area contributed by atoms with Crippen molar-refractivity contribution >= 4 is 40.8 Å². The number of esters is 1. The van der Waals surface area contributed by atoms with Crippen LogP contribution in [-0.2, 0) is 31.8 Å². The molecule has 1 aromatic heterocycles. The number of rotatable bonds is 4. The van der Waals surface area contributed by atoms with Crippen molar-refractivity contribution in [3.63, 3.8) is 0 Å². The molecule has 0 saturated carbocycles. The number of thiophene rings is 1. The van der Waals surface area contributed by atoms with Crippen LogP contribution in [0.1, 0.15) is 49.7 Å². The molecule has 5 nitrogen and oxygen atoms in total. The van der Waals surface area contributed by atoms with E-state index in [1.54, 1.807) is 11.3 Å². The van der Waals surface area contributed by atoms with Crippen molar-refractivity contribution in [3.8, 4) is 0 Å². The molecule has 2 aliphatic heterocycles. The van der Waals surface area contributed by atoms with Crippen molar-refractivity contribution in [2.24, 2.45) is 0 Å². The van der Waals surface area contributed by atoms with E-state index in [0.717, 1.165) is 23.3 Å². The van der Waals surface area contributed by atoms with Crippen LogP contribution in [0.5, 0.6) is 0 Å². The highest BCUT2D eigenvalue weighted by Crippen LogP contribution is 2.38. The second-order valence-electron chi connectivity index (χ2n) is 8.85. The number of halogens is 1. The van der Waals surface area contributed by atoms with Gasteiger partial charge in [-0.2, -0.15) is 0 Å². The van der Waals surface area contributed by atoms with Crippen LogP contribution in [-0.4, -0.2) is 42.8 Å². The van der Waals surface area contributed by atoms with Gasteiger partial charge >= 0.3 is 13.1 Å². The van der Waals surface area contributed by atoms with Crippen molar-refractivity contribution in [2.75, 3.05) is 13.7 Å². The molecule has 2 aliphatic rings. The molecule has 0 amide bonds. The number of hydrogen-bond donors (Lipinski definition) is 0. The smallest absolute Gasteiger partial charge is 0.468 e. The first kappa shape index (κ1) is 21.8. The van der Waals surface area contributed by atoms with Crippen LogP contribution in [0, 0.1) is 0 Å². The van der Waals surface area contributed by atoms with Gasteiger partial charge < -0.3 is 14.0 Å². The molecule has 1 aromatic carbocycles. The Morgan fingerprint density at radius 2 is 1.90 bits per heavy atom. The fourth-order valence-corrected chi connectivity index (χ4v) is 5.32. The third-order valence-electron chi connectivity index (χ3n) is 6.39. The predicted molar refractivity (Wildman–Crippen MR) is 120 cm³/mol. The van der Waals surface area contributed by atoms with Crippen molar-refractivity contribution < 1.29 is 18.8 Å². The summed E-state index contributed by atoms with van der Waals surface area (Å²) in [6.07, 6.45) is 0.859. The average molecular weight is 448 g/mol. The summed E-state index contributed by atoms with van der Waals surface area (Å²) in [5, 5.41) is 0.571. The highest BCUT2D eigenvalue weighted by Gasteiger charge is 2.52. The van der Waals surface area contributed by atoms with Crippen LogP contribution in [0.25, 0.3) is 0 Å². The molecule has 2 aromatic rings. The number of fused-ring (bicyclic) bond motifs is 1. The zero-order valence-corrected chi connectivity index (χ0v) is 19.6. The van der Waals surface area contributed by atoms with Crippen molar-refractivity contribution in [3.05, 3.63) is 51.4 Å². The third kappa shape index (κ3) is 3.82. The van der Waals surface area contributed by atoms with Crippen LogP contribution >= 0.6 is 22.9 Å². The van der Waals surface area contributed by atoms with E-state index >= 15 is 0 Å². The Balaban J connectivity index is 1.59. The maximum absolute atomic E-state index is 12.7. The maximum atomic E-state index is 12.7. The minimum absolute atomic E-state index is 0.298. The van der Waals surface area contributed by atoms with E-state index in [2.05, 4.69) is 38.7 Å². The summed E-state index contributed by atoms with van der Waals surface area (Å²) in [6.45, 7) is 9.65. The fourth-order valence-electron chi connectivity index (χ4n) is 3.95. The van der Waals surface area contributed by atoms with E-state index in [4.69, 9.17) is 25.6 Å². The Morgan fingerprint density at radius 1 is 1.23 bits per heavy atom. The first-order valence-electron chi connectivity index (χ1n) is 10.2. The molecule has 0 aliphatic carbocycles. The van der Waals surface area contributed by atoms with Gasteiger partial charge in [0.15, 0.2) is 0 Å². The molecule has 8 heteroatoms. The molecule has 1 fully saturated rings. The quantitative estimate of drug-likeness (QED) is 0.524. The number of hydrogen-bond acceptors (Lipinski definition) is 6. The predicted octanol–water partition coefficient (Wildman–Crippen LogP) is 3.97. The fraction of sp³-hybridized carbons (Fsp3) is 0.500. The Kier molecular flexibility index (Phi) is 5.79. The van der Waals surface area contributed by atoms with Crippen molar-refractivity contribution in [2.45, 2.75) is 57.9 Å². The van der Waals surface area contributed by atoms with Gasteiger partial charge in [0.05, 0.1) is 18.3 Å². The highest BCUT2D eigenvalue weighted by molar-refractivity contribution is 7.22. The van der Waals surface area contributed by atoms with Crippen molar-refractivity contribution in [1.82, 2.24) is 4.90 Å². The summed E-state index contributed by atoms with van der Waals surface area (Å²) in [5.74, 6) is -0.298. The summed E-state index contributed by atoms with van der Waals surface area (Å²) in [5.41, 5.74) is 1.25. The number of nitrogens with zero attached hydrogens (tertiary/aromatic N) is 1. The standard InChI is InChI=1S/C22H27BClNO4S/c1-21(2)22(3,4)29-23(28-21)18-12-14-13-25(11-10-17(14)30-18)19(20(26)27-5)15-8-6-7-9-16(15)24/h6-9,12,19H,10-11,13H2,1-5H3. The zero-order valence-electron chi connectivity index (χ0n) is 18.0. The molecule has 1 atom stereocenters. The molecule has 4 rings (SSSR count). The Labute approximate surface area is 187 Å². The monoisotopic (exact) mass is 447 g/mol. The minimum Gasteiger partial charge on any atom is -0.468 e. The molecule has 1 saturated heterocycles. The zero-order chi connectivity index (χ0) is 21.7. The lowest BCUT2D eigenvalue weighted by Crippen LogP contribution is -2.41. The van der Waals surface area contributed by atoms with Gasteiger partial charge in [-0.25, -0.2) is 4.79 Å². The first-order valence-corrected chi connectivity index (χ1v) is 11.4. The molecule has 0 N–H and O–H groups in total. The van der Waals surface area contributed by atoms with Gasteiger partial charge in [-0.15, -0.1) is 11.3 Å². The normalized spacial score (nSPS) is 21.3. The van der Waals surface area contributed by atoms with Gasteiger partial charge in [0.2, 0.25) is 0 Å².